The predicted octanol–water partition coefficient (Wildman–Crippen LogP) is 2.39. The van der Waals surface area contributed by atoms with Crippen LogP contribution in [0.3, 0.4) is 0 Å². The van der Waals surface area contributed by atoms with E-state index in [0.29, 0.717) is 17.3 Å². The fourth-order valence-electron chi connectivity index (χ4n) is 1.36. The second kappa shape index (κ2) is 6.20. The number of halogens is 1. The maximum absolute atomic E-state index is 10.5. The summed E-state index contributed by atoms with van der Waals surface area (Å²) in [6.07, 6.45) is 3.02. The van der Waals surface area contributed by atoms with Gasteiger partial charge in [-0.1, -0.05) is 17.7 Å². The molecule has 0 aromatic carbocycles. The van der Waals surface area contributed by atoms with E-state index in [2.05, 4.69) is 10.3 Å². The number of hydrogen-bond acceptors (Lipinski definition) is 4. The van der Waals surface area contributed by atoms with Gasteiger partial charge < -0.3 is 5.32 Å². The van der Waals surface area contributed by atoms with E-state index in [9.17, 15) is 10.1 Å². The molecule has 0 aliphatic rings. The lowest BCUT2D eigenvalue weighted by Gasteiger charge is -2.11. The van der Waals surface area contributed by atoms with Crippen LogP contribution in [0.2, 0.25) is 5.15 Å². The highest BCUT2D eigenvalue weighted by atomic mass is 35.5. The fraction of sp³-hybridized carbons (Fsp3) is 0.364. The highest BCUT2D eigenvalue weighted by Gasteiger charge is 2.06. The van der Waals surface area contributed by atoms with E-state index >= 15 is 0 Å². The molecule has 0 saturated carbocycles. The average molecular weight is 256 g/mol. The maximum atomic E-state index is 10.5. The van der Waals surface area contributed by atoms with Gasteiger partial charge in [-0.15, -0.1) is 0 Å². The molecular formula is C11H14ClN3O2. The average Bonchev–Trinajstić information content (AvgIpc) is 2.19. The van der Waals surface area contributed by atoms with E-state index in [1.165, 1.54) is 0 Å². The highest BCUT2D eigenvalue weighted by molar-refractivity contribution is 6.29. The Hall–Kier alpha value is -1.62. The van der Waals surface area contributed by atoms with E-state index in [1.54, 1.807) is 18.3 Å². The van der Waals surface area contributed by atoms with Gasteiger partial charge in [0, 0.05) is 18.7 Å². The van der Waals surface area contributed by atoms with Crippen LogP contribution < -0.4 is 5.32 Å². The first kappa shape index (κ1) is 13.4. The Kier molecular flexibility index (Phi) is 4.90. The Morgan fingerprint density at radius 3 is 2.82 bits per heavy atom. The van der Waals surface area contributed by atoms with E-state index < -0.39 is 4.92 Å². The van der Waals surface area contributed by atoms with Gasteiger partial charge in [-0.2, -0.15) is 0 Å². The molecule has 5 nitrogen and oxygen atoms in total. The number of pyridine rings is 1. The minimum Gasteiger partial charge on any atom is -0.381 e. The molecule has 0 spiro atoms. The lowest BCUT2D eigenvalue weighted by atomic mass is 10.1. The number of nitro groups is 1. The highest BCUT2D eigenvalue weighted by Crippen LogP contribution is 2.09. The van der Waals surface area contributed by atoms with Crippen molar-refractivity contribution in [3.8, 4) is 0 Å². The Bertz CT molecular complexity index is 415. The molecule has 0 fully saturated rings. The quantitative estimate of drug-likeness (QED) is 0.498. The smallest absolute Gasteiger partial charge is 0.253 e. The Morgan fingerprint density at radius 1 is 1.65 bits per heavy atom. The third kappa shape index (κ3) is 5.31. The van der Waals surface area contributed by atoms with Crippen LogP contribution in [0.15, 0.2) is 30.2 Å². The van der Waals surface area contributed by atoms with Gasteiger partial charge in [0.1, 0.15) is 5.15 Å². The molecule has 1 rings (SSSR count). The van der Waals surface area contributed by atoms with Gasteiger partial charge in [0.05, 0.1) is 10.6 Å². The van der Waals surface area contributed by atoms with Crippen LogP contribution in [-0.4, -0.2) is 15.9 Å². The number of nitrogens with zero attached hydrogens (tertiary/aromatic N) is 2. The molecule has 1 aromatic rings. The van der Waals surface area contributed by atoms with Crippen LogP contribution >= 0.6 is 11.6 Å². The second-order valence-corrected chi connectivity index (χ2v) is 4.29. The van der Waals surface area contributed by atoms with Crippen LogP contribution in [0, 0.1) is 10.1 Å². The molecule has 1 heterocycles. The molecule has 0 unspecified atom stereocenters. The summed E-state index contributed by atoms with van der Waals surface area (Å²) >= 11 is 5.67. The summed E-state index contributed by atoms with van der Waals surface area (Å²) in [6.45, 7) is 3.85. The summed E-state index contributed by atoms with van der Waals surface area (Å²) in [7, 11) is 0. The number of hydrogen-bond donors (Lipinski definition) is 1. The van der Waals surface area contributed by atoms with Crippen LogP contribution in [0.1, 0.15) is 19.4 Å². The molecule has 17 heavy (non-hydrogen) atoms. The molecule has 0 radical (unpaired) electrons. The largest absolute Gasteiger partial charge is 0.381 e. The summed E-state index contributed by atoms with van der Waals surface area (Å²) < 4.78 is 0. The Balaban J connectivity index is 2.79. The normalized spacial score (nSPS) is 11.6. The number of aromatic nitrogens is 1. The molecule has 6 heteroatoms. The number of nitrogens with one attached hydrogen (secondary N) is 1. The van der Waals surface area contributed by atoms with Crippen molar-refractivity contribution in [3.05, 3.63) is 51.1 Å². The van der Waals surface area contributed by atoms with Gasteiger partial charge in [-0.25, -0.2) is 4.98 Å². The molecule has 0 aliphatic heterocycles. The van der Waals surface area contributed by atoms with Crippen LogP contribution in [0.4, 0.5) is 0 Å². The maximum Gasteiger partial charge on any atom is 0.253 e. The minimum atomic E-state index is -0.464. The van der Waals surface area contributed by atoms with Crippen molar-refractivity contribution in [2.45, 2.75) is 26.3 Å². The van der Waals surface area contributed by atoms with Crippen molar-refractivity contribution in [1.29, 1.82) is 0 Å². The fourth-order valence-corrected chi connectivity index (χ4v) is 1.47. The molecule has 0 bridgehead atoms. The van der Waals surface area contributed by atoms with E-state index in [4.69, 9.17) is 11.6 Å². The van der Waals surface area contributed by atoms with Crippen LogP contribution in [-0.2, 0) is 6.42 Å². The van der Waals surface area contributed by atoms with Crippen molar-refractivity contribution in [2.75, 3.05) is 0 Å². The van der Waals surface area contributed by atoms with Gasteiger partial charge in [0.15, 0.2) is 0 Å². The zero-order valence-corrected chi connectivity index (χ0v) is 10.4. The summed E-state index contributed by atoms with van der Waals surface area (Å²) in [6, 6.07) is 3.60. The van der Waals surface area contributed by atoms with E-state index in [-0.39, 0.29) is 6.04 Å². The van der Waals surface area contributed by atoms with Crippen LogP contribution in [0.25, 0.3) is 0 Å². The van der Waals surface area contributed by atoms with Gasteiger partial charge >= 0.3 is 0 Å². The monoisotopic (exact) mass is 255 g/mol. The van der Waals surface area contributed by atoms with Crippen molar-refractivity contribution >= 4 is 11.6 Å². The Labute approximate surface area is 105 Å². The summed E-state index contributed by atoms with van der Waals surface area (Å²) in [5, 5.41) is 13.9. The summed E-state index contributed by atoms with van der Waals surface area (Å²) in [5.41, 5.74) is 1.42. The van der Waals surface area contributed by atoms with E-state index in [1.807, 2.05) is 13.8 Å². The molecule has 0 atom stereocenters. The first-order chi connectivity index (χ1) is 7.97. The topological polar surface area (TPSA) is 68.1 Å². The third-order valence-electron chi connectivity index (χ3n) is 1.92. The lowest BCUT2D eigenvalue weighted by Crippen LogP contribution is -2.24. The van der Waals surface area contributed by atoms with E-state index in [0.717, 1.165) is 11.8 Å². The molecular weight excluding hydrogens is 242 g/mol. The molecule has 1 aromatic heterocycles. The number of allylic oxidation sites excluding steroid dienone is 1. The minimum absolute atomic E-state index is 0.140. The van der Waals surface area contributed by atoms with Gasteiger partial charge in [-0.3, -0.25) is 10.1 Å². The van der Waals surface area contributed by atoms with Crippen molar-refractivity contribution in [2.24, 2.45) is 0 Å². The summed E-state index contributed by atoms with van der Waals surface area (Å²) in [4.78, 5) is 14.0. The standard InChI is InChI=1S/C11H14ClN3O2/c1-8(2)14-10(7-15(16)17)5-9-3-4-11(12)13-6-9/h3-4,6-8,14H,5H2,1-2H3. The molecule has 0 saturated heterocycles. The Morgan fingerprint density at radius 2 is 2.35 bits per heavy atom. The second-order valence-electron chi connectivity index (χ2n) is 3.90. The zero-order valence-electron chi connectivity index (χ0n) is 9.68. The lowest BCUT2D eigenvalue weighted by molar-refractivity contribution is -0.403. The van der Waals surface area contributed by atoms with Crippen molar-refractivity contribution in [3.63, 3.8) is 0 Å². The first-order valence-corrected chi connectivity index (χ1v) is 5.56. The van der Waals surface area contributed by atoms with Crippen LogP contribution in [0.5, 0.6) is 0 Å². The SMILES string of the molecule is CC(C)NC(=C[N+](=O)[O-])Cc1ccc(Cl)nc1. The zero-order chi connectivity index (χ0) is 12.8. The van der Waals surface area contributed by atoms with Gasteiger partial charge in [-0.05, 0) is 25.5 Å². The predicted molar refractivity (Wildman–Crippen MR) is 66.3 cm³/mol. The van der Waals surface area contributed by atoms with Gasteiger partial charge in [0.2, 0.25) is 0 Å². The molecule has 0 amide bonds. The molecule has 92 valence electrons. The van der Waals surface area contributed by atoms with Crippen molar-refractivity contribution in [1.82, 2.24) is 10.3 Å². The van der Waals surface area contributed by atoms with Crippen molar-refractivity contribution < 1.29 is 4.92 Å². The third-order valence-corrected chi connectivity index (χ3v) is 2.14. The number of rotatable bonds is 5. The van der Waals surface area contributed by atoms with Gasteiger partial charge in [0.25, 0.3) is 6.20 Å². The first-order valence-electron chi connectivity index (χ1n) is 5.18. The molecule has 0 aliphatic carbocycles. The summed E-state index contributed by atoms with van der Waals surface area (Å²) in [5.74, 6) is 0. The molecule has 1 N–H and O–H groups in total.